The number of rotatable bonds is 3. The molecule has 1 N–H and O–H groups in total. The fraction of sp³-hybridized carbons (Fsp3) is 0.462. The van der Waals surface area contributed by atoms with E-state index in [4.69, 9.17) is 14.6 Å². The van der Waals surface area contributed by atoms with Crippen LogP contribution in [0.4, 0.5) is 0 Å². The fourth-order valence-corrected chi connectivity index (χ4v) is 2.67. The molecule has 0 spiro atoms. The van der Waals surface area contributed by atoms with Crippen LogP contribution in [0.15, 0.2) is 12.1 Å². The van der Waals surface area contributed by atoms with E-state index in [0.29, 0.717) is 0 Å². The number of benzene rings is 1. The lowest BCUT2D eigenvalue weighted by molar-refractivity contribution is -0.137. The average Bonchev–Trinajstić information content (AvgIpc) is 2.87. The Bertz CT molecular complexity index is 488. The molecule has 1 fully saturated rings. The van der Waals surface area contributed by atoms with Crippen molar-refractivity contribution in [2.45, 2.75) is 31.6 Å². The highest BCUT2D eigenvalue weighted by molar-refractivity contribution is 5.71. The number of ether oxygens (including phenoxy) is 2. The van der Waals surface area contributed by atoms with Crippen LogP contribution in [0, 0.1) is 6.92 Å². The second kappa shape index (κ2) is 3.39. The normalized spacial score (nSPS) is 19.1. The maximum absolute atomic E-state index is 10.9. The summed E-state index contributed by atoms with van der Waals surface area (Å²) in [5.41, 5.74) is 1.96. The molecule has 0 atom stereocenters. The smallest absolute Gasteiger partial charge is 0.304 e. The van der Waals surface area contributed by atoms with Crippen molar-refractivity contribution in [2.75, 3.05) is 6.79 Å². The van der Waals surface area contributed by atoms with Crippen molar-refractivity contribution in [2.24, 2.45) is 0 Å². The first-order valence-corrected chi connectivity index (χ1v) is 5.74. The van der Waals surface area contributed by atoms with Crippen molar-refractivity contribution in [3.8, 4) is 11.5 Å². The highest BCUT2D eigenvalue weighted by Gasteiger charge is 2.47. The van der Waals surface area contributed by atoms with Crippen LogP contribution in [0.3, 0.4) is 0 Å². The van der Waals surface area contributed by atoms with Crippen LogP contribution in [0.5, 0.6) is 11.5 Å². The molecule has 1 aliphatic carbocycles. The molecular formula is C13H14O4. The zero-order valence-electron chi connectivity index (χ0n) is 9.66. The van der Waals surface area contributed by atoms with E-state index >= 15 is 0 Å². The van der Waals surface area contributed by atoms with Gasteiger partial charge < -0.3 is 14.6 Å². The predicted molar refractivity (Wildman–Crippen MR) is 60.5 cm³/mol. The predicted octanol–water partition coefficient (Wildman–Crippen LogP) is 2.23. The van der Waals surface area contributed by atoms with E-state index in [0.717, 1.165) is 35.5 Å². The van der Waals surface area contributed by atoms with Crippen LogP contribution >= 0.6 is 0 Å². The second-order valence-electron chi connectivity index (χ2n) is 4.82. The summed E-state index contributed by atoms with van der Waals surface area (Å²) in [5.74, 6) is 0.802. The molecule has 3 rings (SSSR count). The van der Waals surface area contributed by atoms with E-state index in [1.165, 1.54) is 0 Å². The zero-order valence-corrected chi connectivity index (χ0v) is 9.66. The minimum atomic E-state index is -0.737. The highest BCUT2D eigenvalue weighted by atomic mass is 16.7. The van der Waals surface area contributed by atoms with Crippen LogP contribution in [-0.4, -0.2) is 17.9 Å². The summed E-state index contributed by atoms with van der Waals surface area (Å²) >= 11 is 0. The zero-order chi connectivity index (χ0) is 12.0. The van der Waals surface area contributed by atoms with Gasteiger partial charge in [-0.3, -0.25) is 4.79 Å². The first kappa shape index (κ1) is 10.4. The monoisotopic (exact) mass is 234 g/mol. The molecule has 1 aliphatic heterocycles. The van der Waals surface area contributed by atoms with Gasteiger partial charge in [-0.05, 0) is 37.0 Å². The molecule has 0 amide bonds. The Labute approximate surface area is 99.2 Å². The van der Waals surface area contributed by atoms with Gasteiger partial charge in [0, 0.05) is 5.41 Å². The van der Waals surface area contributed by atoms with Crippen molar-refractivity contribution in [1.82, 2.24) is 0 Å². The summed E-state index contributed by atoms with van der Waals surface area (Å²) in [6.45, 7) is 2.23. The lowest BCUT2D eigenvalue weighted by atomic mass is 9.88. The van der Waals surface area contributed by atoms with Gasteiger partial charge in [-0.15, -0.1) is 0 Å². The van der Waals surface area contributed by atoms with E-state index in [9.17, 15) is 4.79 Å². The summed E-state index contributed by atoms with van der Waals surface area (Å²) in [4.78, 5) is 10.9. The van der Waals surface area contributed by atoms with Crippen molar-refractivity contribution < 1.29 is 19.4 Å². The molecule has 2 aliphatic rings. The number of aliphatic carboxylic acids is 1. The van der Waals surface area contributed by atoms with Crippen molar-refractivity contribution in [3.05, 3.63) is 23.3 Å². The summed E-state index contributed by atoms with van der Waals surface area (Å²) < 4.78 is 10.7. The van der Waals surface area contributed by atoms with Crippen LogP contribution in [0.1, 0.15) is 30.4 Å². The van der Waals surface area contributed by atoms with Crippen molar-refractivity contribution in [3.63, 3.8) is 0 Å². The van der Waals surface area contributed by atoms with Crippen LogP contribution < -0.4 is 9.47 Å². The highest BCUT2D eigenvalue weighted by Crippen LogP contribution is 2.54. The lowest BCUT2D eigenvalue weighted by Crippen LogP contribution is -2.14. The summed E-state index contributed by atoms with van der Waals surface area (Å²) in [5, 5.41) is 8.98. The van der Waals surface area contributed by atoms with Crippen molar-refractivity contribution in [1.29, 1.82) is 0 Å². The van der Waals surface area contributed by atoms with Gasteiger partial charge in [0.05, 0.1) is 6.42 Å². The van der Waals surface area contributed by atoms with Crippen LogP contribution in [-0.2, 0) is 10.2 Å². The Morgan fingerprint density at radius 2 is 2.18 bits per heavy atom. The van der Waals surface area contributed by atoms with E-state index in [1.807, 2.05) is 19.1 Å². The molecule has 17 heavy (non-hydrogen) atoms. The first-order chi connectivity index (χ1) is 8.12. The number of hydrogen-bond donors (Lipinski definition) is 1. The molecule has 4 nitrogen and oxygen atoms in total. The molecule has 4 heteroatoms. The van der Waals surface area contributed by atoms with E-state index < -0.39 is 5.97 Å². The van der Waals surface area contributed by atoms with Gasteiger partial charge in [-0.2, -0.15) is 0 Å². The third-order valence-corrected chi connectivity index (χ3v) is 3.70. The molecule has 1 heterocycles. The number of hydrogen-bond acceptors (Lipinski definition) is 3. The number of fused-ring (bicyclic) bond motifs is 1. The fourth-order valence-electron chi connectivity index (χ4n) is 2.67. The quantitative estimate of drug-likeness (QED) is 0.871. The van der Waals surface area contributed by atoms with Crippen molar-refractivity contribution >= 4 is 5.97 Å². The Hall–Kier alpha value is -1.71. The van der Waals surface area contributed by atoms with E-state index in [2.05, 4.69) is 0 Å². The standard InChI is InChI=1S/C13H14O4/c1-8-9(13(4-5-13)6-11(14)15)2-3-10-12(8)17-7-16-10/h2-3H,4-7H2,1H3,(H,14,15). The Morgan fingerprint density at radius 1 is 1.41 bits per heavy atom. The Morgan fingerprint density at radius 3 is 2.82 bits per heavy atom. The topological polar surface area (TPSA) is 55.8 Å². The van der Waals surface area contributed by atoms with Crippen LogP contribution in [0.2, 0.25) is 0 Å². The molecule has 0 bridgehead atoms. The molecule has 1 saturated carbocycles. The van der Waals surface area contributed by atoms with Gasteiger partial charge in [0.1, 0.15) is 0 Å². The molecule has 0 aromatic heterocycles. The summed E-state index contributed by atoms with van der Waals surface area (Å²) in [6.07, 6.45) is 2.09. The minimum Gasteiger partial charge on any atom is -0.481 e. The van der Waals surface area contributed by atoms with Gasteiger partial charge in [-0.25, -0.2) is 0 Å². The molecule has 0 unspecified atom stereocenters. The molecule has 0 saturated heterocycles. The van der Waals surface area contributed by atoms with E-state index in [-0.39, 0.29) is 18.6 Å². The molecular weight excluding hydrogens is 220 g/mol. The van der Waals surface area contributed by atoms with Gasteiger partial charge in [0.2, 0.25) is 6.79 Å². The Kier molecular flexibility index (Phi) is 2.08. The summed E-state index contributed by atoms with van der Waals surface area (Å²) in [7, 11) is 0. The Balaban J connectivity index is 2.02. The molecule has 90 valence electrons. The molecule has 1 aromatic rings. The molecule has 0 radical (unpaired) electrons. The number of carboxylic acid groups (broad SMARTS) is 1. The maximum atomic E-state index is 10.9. The lowest BCUT2D eigenvalue weighted by Gasteiger charge is -2.17. The van der Waals surface area contributed by atoms with Gasteiger partial charge >= 0.3 is 5.97 Å². The van der Waals surface area contributed by atoms with Gasteiger partial charge in [-0.1, -0.05) is 6.07 Å². The number of carbonyl (C=O) groups is 1. The third-order valence-electron chi connectivity index (χ3n) is 3.70. The molecule has 1 aromatic carbocycles. The summed E-state index contributed by atoms with van der Waals surface area (Å²) in [6, 6.07) is 3.87. The average molecular weight is 234 g/mol. The second-order valence-corrected chi connectivity index (χ2v) is 4.82. The van der Waals surface area contributed by atoms with Gasteiger partial charge in [0.15, 0.2) is 11.5 Å². The maximum Gasteiger partial charge on any atom is 0.304 e. The van der Waals surface area contributed by atoms with Gasteiger partial charge in [0.25, 0.3) is 0 Å². The third kappa shape index (κ3) is 1.55. The van der Waals surface area contributed by atoms with E-state index in [1.54, 1.807) is 0 Å². The minimum absolute atomic E-state index is 0.170. The SMILES string of the molecule is Cc1c(C2(CC(=O)O)CC2)ccc2c1OCO2. The largest absolute Gasteiger partial charge is 0.481 e. The number of carboxylic acids is 1. The van der Waals surface area contributed by atoms with Crippen LogP contribution in [0.25, 0.3) is 0 Å². The first-order valence-electron chi connectivity index (χ1n) is 5.74.